The highest BCUT2D eigenvalue weighted by molar-refractivity contribution is 5.80. The second-order valence-electron chi connectivity index (χ2n) is 1.22. The van der Waals surface area contributed by atoms with Gasteiger partial charge in [0.15, 0.2) is 0 Å². The van der Waals surface area contributed by atoms with Gasteiger partial charge in [-0.2, -0.15) is 0 Å². The highest BCUT2D eigenvalue weighted by atomic mass is 16.1. The summed E-state index contributed by atoms with van der Waals surface area (Å²) in [5.74, 6) is -0.116. The predicted molar refractivity (Wildman–Crippen MR) is 24.3 cm³/mol. The van der Waals surface area contributed by atoms with Crippen molar-refractivity contribution in [2.75, 3.05) is 0 Å². The molecule has 1 atom stereocenters. The second-order valence-corrected chi connectivity index (χ2v) is 1.22. The van der Waals surface area contributed by atoms with E-state index in [-0.39, 0.29) is 12.7 Å². The zero-order valence-electron chi connectivity index (χ0n) is 4.77. The van der Waals surface area contributed by atoms with Crippen LogP contribution in [0.2, 0.25) is 0 Å². The van der Waals surface area contributed by atoms with Crippen LogP contribution in [0.1, 0.15) is 15.2 Å². The minimum atomic E-state index is -0.569. The van der Waals surface area contributed by atoms with Gasteiger partial charge in [-0.25, -0.2) is 0 Å². The molecule has 2 heteroatoms. The molecule has 0 aliphatic rings. The van der Waals surface area contributed by atoms with Crippen LogP contribution in [0, 0.1) is 0 Å². The lowest BCUT2D eigenvalue weighted by atomic mass is 10.3. The van der Waals surface area contributed by atoms with E-state index in [1.165, 1.54) is 6.92 Å². The Balaban J connectivity index is 3.34. The van der Waals surface area contributed by atoms with Crippen molar-refractivity contribution in [3.63, 3.8) is 0 Å². The van der Waals surface area contributed by atoms with E-state index in [1.807, 2.05) is 0 Å². The first kappa shape index (κ1) is 3.81. The summed E-state index contributed by atoms with van der Waals surface area (Å²) in [6, 6.07) is -0.569. The average molecular weight is 88.1 g/mol. The molecule has 0 spiro atoms. The Morgan fingerprint density at radius 1 is 2.17 bits per heavy atom. The summed E-state index contributed by atoms with van der Waals surface area (Å²) >= 11 is 0. The molecule has 0 aromatic heterocycles. The van der Waals surface area contributed by atoms with E-state index in [0.717, 1.165) is 0 Å². The molecule has 0 aliphatic heterocycles. The molecule has 0 saturated heterocycles. The third-order valence-corrected chi connectivity index (χ3v) is 0.522. The maximum Gasteiger partial charge on any atom is 0.146 e. The van der Waals surface area contributed by atoms with Crippen LogP contribution in [0.15, 0.2) is 0 Å². The van der Waals surface area contributed by atoms with E-state index < -0.39 is 6.04 Å². The Hall–Kier alpha value is -0.370. The van der Waals surface area contributed by atoms with Crippen LogP contribution in [0.5, 0.6) is 0 Å². The molecule has 0 unspecified atom stereocenters. The monoisotopic (exact) mass is 88.1 g/mol. The summed E-state index contributed by atoms with van der Waals surface area (Å²) in [5.41, 5.74) is 5.08. The molecular weight excluding hydrogens is 78.0 g/mol. The minimum Gasteiger partial charge on any atom is -0.322 e. The summed E-state index contributed by atoms with van der Waals surface area (Å²) in [6.45, 7) is 1.38. The first-order chi connectivity index (χ1) is 3.18. The second kappa shape index (κ2) is 1.92. The van der Waals surface area contributed by atoms with Gasteiger partial charge >= 0.3 is 0 Å². The molecule has 6 heavy (non-hydrogen) atoms. The Labute approximate surface area is 38.7 Å². The number of hydrogen-bond donors (Lipinski definition) is 1. The average Bonchev–Trinajstić information content (AvgIpc) is 1.65. The predicted octanol–water partition coefficient (Wildman–Crippen LogP) is -0.0774. The van der Waals surface area contributed by atoms with Crippen LogP contribution < -0.4 is 5.73 Å². The summed E-state index contributed by atoms with van der Waals surface area (Å²) in [6.07, 6.45) is 0. The first-order valence-corrected chi connectivity index (χ1v) is 1.73. The third-order valence-electron chi connectivity index (χ3n) is 0.522. The van der Waals surface area contributed by atoms with Crippen molar-refractivity contribution in [3.05, 3.63) is 0 Å². The molecule has 0 heterocycles. The lowest BCUT2D eigenvalue weighted by Crippen LogP contribution is -2.23. The Morgan fingerprint density at radius 2 is 2.67 bits per heavy atom. The number of carbonyl (C=O) groups is 1. The molecule has 0 aliphatic carbocycles. The number of Topliss-reactive ketones (excluding diaryl/α,β-unsaturated/α-hetero) is 1. The van der Waals surface area contributed by atoms with Crippen LogP contribution in [0.25, 0.3) is 0 Å². The molecule has 0 amide bonds. The Kier molecular flexibility index (Phi) is 1.22. The molecule has 0 radical (unpaired) electrons. The molecule has 0 aromatic rings. The van der Waals surface area contributed by atoms with Crippen molar-refractivity contribution in [2.45, 2.75) is 19.9 Å². The van der Waals surface area contributed by atoms with Crippen LogP contribution in [-0.4, -0.2) is 11.8 Å². The third kappa shape index (κ3) is 1.91. The molecular formula is C4H9NO. The van der Waals surface area contributed by atoms with Gasteiger partial charge in [-0.05, 0) is 13.8 Å². The molecule has 0 fully saturated rings. The number of nitrogens with two attached hydrogens (primary N) is 1. The molecule has 0 bridgehead atoms. The van der Waals surface area contributed by atoms with Crippen molar-refractivity contribution >= 4 is 5.78 Å². The van der Waals surface area contributed by atoms with Gasteiger partial charge in [0.05, 0.1) is 6.04 Å². The molecule has 36 valence electrons. The fourth-order valence-corrected chi connectivity index (χ4v) is 0. The summed E-state index contributed by atoms with van der Waals surface area (Å²) < 4.78 is 6.59. The zero-order chi connectivity index (χ0) is 5.86. The van der Waals surface area contributed by atoms with Gasteiger partial charge in [-0.1, -0.05) is 0 Å². The van der Waals surface area contributed by atoms with Crippen LogP contribution >= 0.6 is 0 Å². The lowest BCUT2D eigenvalue weighted by Gasteiger charge is -1.91. The molecule has 0 rings (SSSR count). The molecule has 2 N–H and O–H groups in total. The summed E-state index contributed by atoms with van der Waals surface area (Å²) in [4.78, 5) is 10.1. The van der Waals surface area contributed by atoms with Gasteiger partial charge in [0, 0.05) is 1.37 Å². The SMILES string of the molecule is [2H]C[C@H](N)C(C)=O. The van der Waals surface area contributed by atoms with Crippen LogP contribution in [0.3, 0.4) is 0 Å². The van der Waals surface area contributed by atoms with E-state index in [2.05, 4.69) is 0 Å². The van der Waals surface area contributed by atoms with Gasteiger partial charge < -0.3 is 5.73 Å². The Morgan fingerprint density at radius 3 is 2.67 bits per heavy atom. The van der Waals surface area contributed by atoms with Gasteiger partial charge in [-0.3, -0.25) is 4.79 Å². The minimum absolute atomic E-state index is 0.00463. The van der Waals surface area contributed by atoms with E-state index in [0.29, 0.717) is 0 Å². The smallest absolute Gasteiger partial charge is 0.146 e. The van der Waals surface area contributed by atoms with E-state index >= 15 is 0 Å². The van der Waals surface area contributed by atoms with Crippen molar-refractivity contribution in [2.24, 2.45) is 5.73 Å². The maximum atomic E-state index is 10.1. The number of rotatable bonds is 1. The quantitative estimate of drug-likeness (QED) is 0.487. The van der Waals surface area contributed by atoms with Gasteiger partial charge in [0.25, 0.3) is 0 Å². The maximum absolute atomic E-state index is 10.1. The fraction of sp³-hybridized carbons (Fsp3) is 0.750. The first-order valence-electron chi connectivity index (χ1n) is 2.44. The van der Waals surface area contributed by atoms with E-state index in [4.69, 9.17) is 7.10 Å². The summed E-state index contributed by atoms with van der Waals surface area (Å²) in [7, 11) is 0. The van der Waals surface area contributed by atoms with Crippen molar-refractivity contribution in [1.29, 1.82) is 0 Å². The zero-order valence-corrected chi connectivity index (χ0v) is 3.77. The molecule has 0 aromatic carbocycles. The van der Waals surface area contributed by atoms with E-state index in [9.17, 15) is 4.79 Å². The number of carbonyl (C=O) groups excluding carboxylic acids is 1. The van der Waals surface area contributed by atoms with Gasteiger partial charge in [0.1, 0.15) is 5.78 Å². The highest BCUT2D eigenvalue weighted by Crippen LogP contribution is 1.72. The highest BCUT2D eigenvalue weighted by Gasteiger charge is 1.95. The van der Waals surface area contributed by atoms with Crippen molar-refractivity contribution in [1.82, 2.24) is 0 Å². The largest absolute Gasteiger partial charge is 0.322 e. The van der Waals surface area contributed by atoms with Crippen molar-refractivity contribution < 1.29 is 6.17 Å². The van der Waals surface area contributed by atoms with Crippen LogP contribution in [-0.2, 0) is 4.79 Å². The van der Waals surface area contributed by atoms with Crippen molar-refractivity contribution in [3.8, 4) is 0 Å². The fourth-order valence-electron chi connectivity index (χ4n) is 0. The molecule has 2 nitrogen and oxygen atoms in total. The topological polar surface area (TPSA) is 43.1 Å². The summed E-state index contributed by atoms with van der Waals surface area (Å²) in [5, 5.41) is 0. The number of hydrogen-bond acceptors (Lipinski definition) is 2. The Bertz CT molecular complexity index is 74.1. The standard InChI is InChI=1S/C4H9NO/c1-3(5)4(2)6/h3H,5H2,1-2H3/t3-/m0/s1/i1D. The lowest BCUT2D eigenvalue weighted by molar-refractivity contribution is -0.117. The van der Waals surface area contributed by atoms with Gasteiger partial charge in [-0.15, -0.1) is 0 Å². The molecule has 0 saturated carbocycles. The van der Waals surface area contributed by atoms with Crippen LogP contribution in [0.4, 0.5) is 0 Å². The number of ketones is 1. The van der Waals surface area contributed by atoms with Gasteiger partial charge in [0.2, 0.25) is 0 Å². The van der Waals surface area contributed by atoms with E-state index in [1.54, 1.807) is 0 Å². The normalized spacial score (nSPS) is 16.0.